The SMILES string of the molecule is COc1ccc(CC(N)CCC2CC2)cn1. The van der Waals surface area contributed by atoms with E-state index in [1.54, 1.807) is 7.11 Å². The van der Waals surface area contributed by atoms with E-state index in [0.29, 0.717) is 5.88 Å². The van der Waals surface area contributed by atoms with Gasteiger partial charge in [-0.1, -0.05) is 18.9 Å². The number of hydrogen-bond acceptors (Lipinski definition) is 3. The summed E-state index contributed by atoms with van der Waals surface area (Å²) in [6.45, 7) is 0. The number of pyridine rings is 1. The van der Waals surface area contributed by atoms with Crippen LogP contribution < -0.4 is 10.5 Å². The zero-order valence-corrected chi connectivity index (χ0v) is 9.86. The Morgan fingerprint density at radius 3 is 2.88 bits per heavy atom. The summed E-state index contributed by atoms with van der Waals surface area (Å²) >= 11 is 0. The molecule has 1 aromatic heterocycles. The van der Waals surface area contributed by atoms with E-state index >= 15 is 0 Å². The quantitative estimate of drug-likeness (QED) is 0.799. The molecular weight excluding hydrogens is 200 g/mol. The van der Waals surface area contributed by atoms with Crippen molar-refractivity contribution >= 4 is 0 Å². The van der Waals surface area contributed by atoms with Crippen molar-refractivity contribution in [1.29, 1.82) is 0 Å². The number of ether oxygens (including phenoxy) is 1. The van der Waals surface area contributed by atoms with E-state index in [2.05, 4.69) is 4.98 Å². The molecule has 1 aromatic rings. The van der Waals surface area contributed by atoms with E-state index in [-0.39, 0.29) is 6.04 Å². The summed E-state index contributed by atoms with van der Waals surface area (Å²) in [5.41, 5.74) is 7.29. The summed E-state index contributed by atoms with van der Waals surface area (Å²) < 4.78 is 5.02. The van der Waals surface area contributed by atoms with Gasteiger partial charge in [-0.3, -0.25) is 0 Å². The maximum Gasteiger partial charge on any atom is 0.212 e. The maximum absolute atomic E-state index is 6.09. The summed E-state index contributed by atoms with van der Waals surface area (Å²) in [7, 11) is 1.63. The third-order valence-corrected chi connectivity index (χ3v) is 3.15. The topological polar surface area (TPSA) is 48.1 Å². The monoisotopic (exact) mass is 220 g/mol. The van der Waals surface area contributed by atoms with Gasteiger partial charge in [-0.2, -0.15) is 0 Å². The smallest absolute Gasteiger partial charge is 0.212 e. The third kappa shape index (κ3) is 3.49. The molecule has 16 heavy (non-hydrogen) atoms. The summed E-state index contributed by atoms with van der Waals surface area (Å²) in [4.78, 5) is 4.18. The van der Waals surface area contributed by atoms with Crippen LogP contribution in [0, 0.1) is 5.92 Å². The number of nitrogens with two attached hydrogens (primary N) is 1. The molecule has 3 nitrogen and oxygen atoms in total. The molecular formula is C13H20N2O. The Labute approximate surface area is 97.0 Å². The molecule has 3 heteroatoms. The molecule has 2 rings (SSSR count). The predicted octanol–water partition coefficient (Wildman–Crippen LogP) is 2.15. The van der Waals surface area contributed by atoms with Crippen molar-refractivity contribution in [3.63, 3.8) is 0 Å². The lowest BCUT2D eigenvalue weighted by molar-refractivity contribution is 0.397. The molecule has 0 amide bonds. The molecule has 0 bridgehead atoms. The van der Waals surface area contributed by atoms with Crippen molar-refractivity contribution in [2.75, 3.05) is 7.11 Å². The van der Waals surface area contributed by atoms with Gasteiger partial charge >= 0.3 is 0 Å². The fourth-order valence-electron chi connectivity index (χ4n) is 1.91. The maximum atomic E-state index is 6.09. The Balaban J connectivity index is 1.77. The minimum absolute atomic E-state index is 0.274. The largest absolute Gasteiger partial charge is 0.481 e. The summed E-state index contributed by atoms with van der Waals surface area (Å²) in [6, 6.07) is 4.21. The normalized spacial score (nSPS) is 17.1. The van der Waals surface area contributed by atoms with Crippen LogP contribution >= 0.6 is 0 Å². The number of methoxy groups -OCH3 is 1. The van der Waals surface area contributed by atoms with Crippen molar-refractivity contribution < 1.29 is 4.74 Å². The molecule has 0 saturated heterocycles. The number of rotatable bonds is 6. The zero-order valence-electron chi connectivity index (χ0n) is 9.86. The number of hydrogen-bond donors (Lipinski definition) is 1. The fraction of sp³-hybridized carbons (Fsp3) is 0.615. The highest BCUT2D eigenvalue weighted by atomic mass is 16.5. The average Bonchev–Trinajstić information content (AvgIpc) is 3.11. The molecule has 1 saturated carbocycles. The van der Waals surface area contributed by atoms with Crippen molar-refractivity contribution in [2.45, 2.75) is 38.1 Å². The Hall–Kier alpha value is -1.09. The minimum atomic E-state index is 0.274. The molecule has 1 heterocycles. The average molecular weight is 220 g/mol. The lowest BCUT2D eigenvalue weighted by Gasteiger charge is -2.11. The van der Waals surface area contributed by atoms with Gasteiger partial charge < -0.3 is 10.5 Å². The van der Waals surface area contributed by atoms with Gasteiger partial charge in [-0.05, 0) is 30.7 Å². The first kappa shape index (κ1) is 11.4. The molecule has 1 unspecified atom stereocenters. The van der Waals surface area contributed by atoms with Gasteiger partial charge in [0.2, 0.25) is 5.88 Å². The molecule has 0 aromatic carbocycles. The molecule has 2 N–H and O–H groups in total. The van der Waals surface area contributed by atoms with Crippen molar-refractivity contribution in [3.05, 3.63) is 23.9 Å². The van der Waals surface area contributed by atoms with Crippen LogP contribution in [0.15, 0.2) is 18.3 Å². The Morgan fingerprint density at radius 2 is 2.31 bits per heavy atom. The van der Waals surface area contributed by atoms with Gasteiger partial charge in [0.15, 0.2) is 0 Å². The minimum Gasteiger partial charge on any atom is -0.481 e. The second kappa shape index (κ2) is 5.30. The van der Waals surface area contributed by atoms with Gasteiger partial charge in [0.05, 0.1) is 7.11 Å². The van der Waals surface area contributed by atoms with Crippen molar-refractivity contribution in [1.82, 2.24) is 4.98 Å². The van der Waals surface area contributed by atoms with E-state index in [0.717, 1.165) is 18.8 Å². The summed E-state index contributed by atoms with van der Waals surface area (Å²) in [5, 5.41) is 0. The van der Waals surface area contributed by atoms with Gasteiger partial charge in [0.25, 0.3) is 0 Å². The molecule has 1 atom stereocenters. The highest BCUT2D eigenvalue weighted by Crippen LogP contribution is 2.33. The third-order valence-electron chi connectivity index (χ3n) is 3.15. The number of nitrogens with zero attached hydrogens (tertiary/aromatic N) is 1. The number of aromatic nitrogens is 1. The van der Waals surface area contributed by atoms with Crippen LogP contribution in [0.5, 0.6) is 5.88 Å². The van der Waals surface area contributed by atoms with Crippen LogP contribution in [0.3, 0.4) is 0 Å². The Bertz CT molecular complexity index is 319. The molecule has 1 aliphatic rings. The molecule has 1 aliphatic carbocycles. The van der Waals surface area contributed by atoms with Gasteiger partial charge in [-0.15, -0.1) is 0 Å². The van der Waals surface area contributed by atoms with Crippen molar-refractivity contribution in [3.8, 4) is 5.88 Å². The lowest BCUT2D eigenvalue weighted by Crippen LogP contribution is -2.22. The lowest BCUT2D eigenvalue weighted by atomic mass is 10.0. The first-order chi connectivity index (χ1) is 7.78. The van der Waals surface area contributed by atoms with Gasteiger partial charge in [0, 0.05) is 18.3 Å². The van der Waals surface area contributed by atoms with E-state index in [1.807, 2.05) is 18.3 Å². The second-order valence-electron chi connectivity index (χ2n) is 4.69. The summed E-state index contributed by atoms with van der Waals surface area (Å²) in [5.74, 6) is 1.63. The molecule has 0 aliphatic heterocycles. The second-order valence-corrected chi connectivity index (χ2v) is 4.69. The van der Waals surface area contributed by atoms with E-state index < -0.39 is 0 Å². The van der Waals surface area contributed by atoms with E-state index in [4.69, 9.17) is 10.5 Å². The Kier molecular flexibility index (Phi) is 3.78. The zero-order chi connectivity index (χ0) is 11.4. The Morgan fingerprint density at radius 1 is 1.50 bits per heavy atom. The molecule has 0 spiro atoms. The van der Waals surface area contributed by atoms with Crippen LogP contribution in [0.25, 0.3) is 0 Å². The van der Waals surface area contributed by atoms with E-state index in [1.165, 1.54) is 24.8 Å². The summed E-state index contributed by atoms with van der Waals surface area (Å²) in [6.07, 6.45) is 8.04. The predicted molar refractivity (Wildman–Crippen MR) is 64.4 cm³/mol. The highest BCUT2D eigenvalue weighted by Gasteiger charge is 2.21. The van der Waals surface area contributed by atoms with Crippen LogP contribution in [0.4, 0.5) is 0 Å². The fourth-order valence-corrected chi connectivity index (χ4v) is 1.91. The van der Waals surface area contributed by atoms with Crippen molar-refractivity contribution in [2.24, 2.45) is 11.7 Å². The molecule has 1 fully saturated rings. The van der Waals surface area contributed by atoms with Crippen LogP contribution in [0.2, 0.25) is 0 Å². The van der Waals surface area contributed by atoms with Gasteiger partial charge in [-0.25, -0.2) is 4.98 Å². The first-order valence-electron chi connectivity index (χ1n) is 6.02. The molecule has 88 valence electrons. The van der Waals surface area contributed by atoms with Crippen LogP contribution in [-0.2, 0) is 6.42 Å². The first-order valence-corrected chi connectivity index (χ1v) is 6.02. The van der Waals surface area contributed by atoms with E-state index in [9.17, 15) is 0 Å². The molecule has 0 radical (unpaired) electrons. The van der Waals surface area contributed by atoms with Gasteiger partial charge in [0.1, 0.15) is 0 Å². The highest BCUT2D eigenvalue weighted by molar-refractivity contribution is 5.18. The standard InChI is InChI=1S/C13H20N2O/c1-16-13-7-5-11(9-15-13)8-12(14)6-4-10-2-3-10/h5,7,9-10,12H,2-4,6,8,14H2,1H3. The van der Waals surface area contributed by atoms with Crippen LogP contribution in [0.1, 0.15) is 31.2 Å². The van der Waals surface area contributed by atoms with Crippen LogP contribution in [-0.4, -0.2) is 18.1 Å².